The Hall–Kier alpha value is -3.69. The zero-order chi connectivity index (χ0) is 24.3. The van der Waals surface area contributed by atoms with Gasteiger partial charge in [0.15, 0.2) is 0 Å². The molecule has 0 saturated carbocycles. The second kappa shape index (κ2) is 9.89. The van der Waals surface area contributed by atoms with E-state index in [1.807, 2.05) is 58.5 Å². The summed E-state index contributed by atoms with van der Waals surface area (Å²) in [4.78, 5) is 29.9. The summed E-state index contributed by atoms with van der Waals surface area (Å²) in [6.07, 6.45) is 5.14. The fourth-order valence-electron chi connectivity index (χ4n) is 4.92. The number of nitrogens with zero attached hydrogens (tertiary/aromatic N) is 3. The van der Waals surface area contributed by atoms with Crippen molar-refractivity contribution in [3.63, 3.8) is 0 Å². The van der Waals surface area contributed by atoms with Crippen molar-refractivity contribution < 1.29 is 19.4 Å². The van der Waals surface area contributed by atoms with Crippen LogP contribution < -0.4 is 10.2 Å². The molecule has 35 heavy (non-hydrogen) atoms. The minimum atomic E-state index is -0.326. The van der Waals surface area contributed by atoms with Gasteiger partial charge in [-0.3, -0.25) is 14.8 Å². The van der Waals surface area contributed by atoms with Gasteiger partial charge in [0.05, 0.1) is 24.9 Å². The molecule has 1 spiro atoms. The Kier molecular flexibility index (Phi) is 6.52. The molecule has 2 aliphatic heterocycles. The lowest BCUT2D eigenvalue weighted by atomic mass is 9.88. The number of carbonyl (C=O) groups is 2. The molecule has 3 heterocycles. The van der Waals surface area contributed by atoms with E-state index in [9.17, 15) is 9.59 Å². The normalized spacial score (nSPS) is 17.2. The Morgan fingerprint density at radius 2 is 1.94 bits per heavy atom. The van der Waals surface area contributed by atoms with Crippen molar-refractivity contribution in [1.82, 2.24) is 20.4 Å². The number of aliphatic hydroxyl groups is 1. The quantitative estimate of drug-likeness (QED) is 0.487. The van der Waals surface area contributed by atoms with Gasteiger partial charge in [0, 0.05) is 49.3 Å². The summed E-state index contributed by atoms with van der Waals surface area (Å²) in [6, 6.07) is 15.2. The van der Waals surface area contributed by atoms with Crippen molar-refractivity contribution in [2.45, 2.75) is 24.9 Å². The van der Waals surface area contributed by atoms with Gasteiger partial charge in [-0.2, -0.15) is 5.10 Å². The number of nitrogens with one attached hydrogen (secondary N) is 2. The summed E-state index contributed by atoms with van der Waals surface area (Å²) in [5, 5.41) is 18.5. The van der Waals surface area contributed by atoms with Crippen LogP contribution in [0.4, 0.5) is 10.5 Å². The Morgan fingerprint density at radius 1 is 1.14 bits per heavy atom. The van der Waals surface area contributed by atoms with Crippen molar-refractivity contribution in [2.24, 2.45) is 0 Å². The molecule has 3 N–H and O–H groups in total. The Labute approximate surface area is 203 Å². The number of benzene rings is 2. The number of aromatic nitrogens is 2. The smallest absolute Gasteiger partial charge is 0.325 e. The molecule has 2 fully saturated rings. The third kappa shape index (κ3) is 4.65. The van der Waals surface area contributed by atoms with E-state index in [2.05, 4.69) is 15.5 Å². The zero-order valence-corrected chi connectivity index (χ0v) is 19.4. The number of anilines is 1. The molecule has 0 unspecified atom stereocenters. The first-order valence-corrected chi connectivity index (χ1v) is 11.8. The number of hydrogen-bond donors (Lipinski definition) is 3. The molecule has 1 aromatic heterocycles. The second-order valence-corrected chi connectivity index (χ2v) is 9.01. The molecule has 0 radical (unpaired) electrons. The van der Waals surface area contributed by atoms with Crippen LogP contribution in [0.2, 0.25) is 0 Å². The van der Waals surface area contributed by atoms with Crippen LogP contribution in [0, 0.1) is 0 Å². The van der Waals surface area contributed by atoms with Crippen LogP contribution in [0.15, 0.2) is 60.9 Å². The molecule has 9 nitrogen and oxygen atoms in total. The maximum Gasteiger partial charge on any atom is 0.325 e. The summed E-state index contributed by atoms with van der Waals surface area (Å²) < 4.78 is 5.64. The fraction of sp³-hybridized carbons (Fsp3) is 0.346. The van der Waals surface area contributed by atoms with Crippen LogP contribution in [0.5, 0.6) is 0 Å². The van der Waals surface area contributed by atoms with E-state index in [1.54, 1.807) is 12.3 Å². The van der Waals surface area contributed by atoms with Gasteiger partial charge in [0.2, 0.25) is 0 Å². The highest BCUT2D eigenvalue weighted by molar-refractivity contribution is 5.96. The van der Waals surface area contributed by atoms with Crippen molar-refractivity contribution in [2.75, 3.05) is 37.8 Å². The predicted molar refractivity (Wildman–Crippen MR) is 131 cm³/mol. The number of carbonyl (C=O) groups excluding carboxylic acids is 2. The Balaban J connectivity index is 1.39. The number of aliphatic hydroxyl groups excluding tert-OH is 1. The molecule has 2 saturated heterocycles. The zero-order valence-electron chi connectivity index (χ0n) is 19.4. The lowest BCUT2D eigenvalue weighted by Gasteiger charge is -2.40. The molecular weight excluding hydrogens is 446 g/mol. The molecule has 5 rings (SSSR count). The molecule has 3 aromatic rings. The van der Waals surface area contributed by atoms with Crippen molar-refractivity contribution >= 4 is 17.6 Å². The van der Waals surface area contributed by atoms with Crippen LogP contribution >= 0.6 is 0 Å². The summed E-state index contributed by atoms with van der Waals surface area (Å²) in [5.74, 6) is -0.242. The summed E-state index contributed by atoms with van der Waals surface area (Å²) in [6.45, 7) is 2.31. The number of urea groups is 1. The SMILES string of the molecule is O=C(NCCO)c1cccc(CN2C(=O)N(c3ccc(-c4cn[nH]c4)cc3)CC23CCOCC3)c1. The number of hydrogen-bond acceptors (Lipinski definition) is 5. The van der Waals surface area contributed by atoms with E-state index in [-0.39, 0.29) is 30.6 Å². The van der Waals surface area contributed by atoms with E-state index in [0.29, 0.717) is 31.9 Å². The standard InChI is InChI=1S/C26H29N5O4/c32-11-10-27-24(33)21-3-1-2-19(14-21)17-31-25(34)30(18-26(31)8-12-35-13-9-26)23-6-4-20(5-7-23)22-15-28-29-16-22/h1-7,14-16,32H,8-13,17-18H2,(H,27,33)(H,28,29). The van der Waals surface area contributed by atoms with Crippen molar-refractivity contribution in [3.05, 3.63) is 72.1 Å². The monoisotopic (exact) mass is 475 g/mol. The number of aromatic amines is 1. The molecule has 182 valence electrons. The van der Waals surface area contributed by atoms with Crippen LogP contribution in [0.25, 0.3) is 11.1 Å². The highest BCUT2D eigenvalue weighted by atomic mass is 16.5. The third-order valence-electron chi connectivity index (χ3n) is 6.85. The Morgan fingerprint density at radius 3 is 2.66 bits per heavy atom. The number of ether oxygens (including phenoxy) is 1. The lowest BCUT2D eigenvalue weighted by Crippen LogP contribution is -2.50. The summed E-state index contributed by atoms with van der Waals surface area (Å²) in [7, 11) is 0. The van der Waals surface area contributed by atoms with E-state index in [4.69, 9.17) is 9.84 Å². The van der Waals surface area contributed by atoms with Gasteiger partial charge in [-0.15, -0.1) is 0 Å². The van der Waals surface area contributed by atoms with Gasteiger partial charge in [-0.1, -0.05) is 24.3 Å². The van der Waals surface area contributed by atoms with Gasteiger partial charge in [0.1, 0.15) is 0 Å². The van der Waals surface area contributed by atoms with Crippen molar-refractivity contribution in [1.29, 1.82) is 0 Å². The molecule has 2 aromatic carbocycles. The molecule has 2 aliphatic rings. The predicted octanol–water partition coefficient (Wildman–Crippen LogP) is 2.79. The van der Waals surface area contributed by atoms with Gasteiger partial charge in [-0.05, 0) is 48.2 Å². The first kappa shape index (κ1) is 23.1. The maximum atomic E-state index is 13.7. The maximum absolute atomic E-state index is 13.7. The molecule has 0 bridgehead atoms. The first-order chi connectivity index (χ1) is 17.1. The van der Waals surface area contributed by atoms with E-state index in [0.717, 1.165) is 35.2 Å². The summed E-state index contributed by atoms with van der Waals surface area (Å²) >= 11 is 0. The highest BCUT2D eigenvalue weighted by Gasteiger charge is 2.50. The molecule has 0 atom stereocenters. The van der Waals surface area contributed by atoms with Gasteiger partial charge >= 0.3 is 6.03 Å². The third-order valence-corrected chi connectivity index (χ3v) is 6.85. The van der Waals surface area contributed by atoms with Gasteiger partial charge in [-0.25, -0.2) is 4.79 Å². The Bertz CT molecular complexity index is 1170. The molecule has 3 amide bonds. The van der Waals surface area contributed by atoms with Crippen LogP contribution in [-0.4, -0.2) is 70.6 Å². The van der Waals surface area contributed by atoms with Crippen molar-refractivity contribution in [3.8, 4) is 11.1 Å². The minimum absolute atomic E-state index is 0.0434. The van der Waals surface area contributed by atoms with Crippen LogP contribution in [0.3, 0.4) is 0 Å². The fourth-order valence-corrected chi connectivity index (χ4v) is 4.92. The lowest BCUT2D eigenvalue weighted by molar-refractivity contribution is 0.00611. The molecule has 0 aliphatic carbocycles. The first-order valence-electron chi connectivity index (χ1n) is 11.8. The minimum Gasteiger partial charge on any atom is -0.395 e. The average Bonchev–Trinajstić information content (AvgIpc) is 3.52. The van der Waals surface area contributed by atoms with E-state index >= 15 is 0 Å². The summed E-state index contributed by atoms with van der Waals surface area (Å²) in [5.41, 5.74) is 3.95. The van der Waals surface area contributed by atoms with Gasteiger partial charge < -0.3 is 20.1 Å². The van der Waals surface area contributed by atoms with E-state index < -0.39 is 0 Å². The largest absolute Gasteiger partial charge is 0.395 e. The molecular formula is C26H29N5O4. The van der Waals surface area contributed by atoms with Gasteiger partial charge in [0.25, 0.3) is 5.91 Å². The average molecular weight is 476 g/mol. The number of amides is 3. The number of H-pyrrole nitrogens is 1. The van der Waals surface area contributed by atoms with Crippen LogP contribution in [0.1, 0.15) is 28.8 Å². The second-order valence-electron chi connectivity index (χ2n) is 9.01. The number of rotatable bonds is 7. The van der Waals surface area contributed by atoms with E-state index in [1.165, 1.54) is 0 Å². The van der Waals surface area contributed by atoms with Crippen LogP contribution in [-0.2, 0) is 11.3 Å². The highest BCUT2D eigenvalue weighted by Crippen LogP contribution is 2.39. The molecule has 9 heteroatoms. The topological polar surface area (TPSA) is 111 Å².